The third-order valence-electron chi connectivity index (χ3n) is 2.76. The fourth-order valence-corrected chi connectivity index (χ4v) is 1.99. The fourth-order valence-electron chi connectivity index (χ4n) is 1.99. The molecular weight excluding hydrogens is 276 g/mol. The van der Waals surface area contributed by atoms with Crippen molar-refractivity contribution in [3.8, 4) is 5.75 Å². The highest BCUT2D eigenvalue weighted by Gasteiger charge is 2.15. The number of likely N-dealkylation sites (N-methyl/N-ethyl adjacent to an activating group) is 1. The van der Waals surface area contributed by atoms with Crippen LogP contribution < -0.4 is 17.7 Å². The van der Waals surface area contributed by atoms with E-state index in [0.29, 0.717) is 11.0 Å². The number of phenols is 1. The first-order valence-corrected chi connectivity index (χ1v) is 6.17. The van der Waals surface area contributed by atoms with E-state index in [1.54, 1.807) is 12.1 Å². The Kier molecular flexibility index (Phi) is 4.98. The van der Waals surface area contributed by atoms with Crippen LogP contribution in [-0.2, 0) is 4.79 Å². The Balaban J connectivity index is 0.00000200. The molecule has 0 spiro atoms. The van der Waals surface area contributed by atoms with Gasteiger partial charge in [-0.2, -0.15) is 0 Å². The molecule has 0 fully saturated rings. The molecule has 0 unspecified atom stereocenters. The summed E-state index contributed by atoms with van der Waals surface area (Å²) in [5, 5.41) is 14.3. The Hall–Kier alpha value is -1.78. The smallest absolute Gasteiger partial charge is 0.279 e. The highest BCUT2D eigenvalue weighted by Crippen LogP contribution is 2.26. The van der Waals surface area contributed by atoms with Gasteiger partial charge in [0.05, 0.1) is 21.1 Å². The number of halogens is 1. The highest BCUT2D eigenvalue weighted by molar-refractivity contribution is 6.02. The Bertz CT molecular complexity index is 621. The minimum atomic E-state index is -0.0386. The van der Waals surface area contributed by atoms with E-state index in [4.69, 9.17) is 0 Å². The van der Waals surface area contributed by atoms with Crippen LogP contribution in [0.1, 0.15) is 0 Å². The van der Waals surface area contributed by atoms with Gasteiger partial charge in [0, 0.05) is 11.1 Å². The lowest BCUT2D eigenvalue weighted by Crippen LogP contribution is -3.00. The fraction of sp³-hybridized carbons (Fsp3) is 0.267. The third kappa shape index (κ3) is 4.11. The van der Waals surface area contributed by atoms with Gasteiger partial charge >= 0.3 is 0 Å². The predicted molar refractivity (Wildman–Crippen MR) is 77.1 cm³/mol. The van der Waals surface area contributed by atoms with E-state index < -0.39 is 0 Å². The first-order valence-electron chi connectivity index (χ1n) is 6.17. The lowest BCUT2D eigenvalue weighted by Gasteiger charge is -2.23. The van der Waals surface area contributed by atoms with Gasteiger partial charge in [0.2, 0.25) is 0 Å². The Labute approximate surface area is 125 Å². The minimum Gasteiger partial charge on any atom is -1.00 e. The lowest BCUT2D eigenvalue weighted by molar-refractivity contribution is -0.861. The second kappa shape index (κ2) is 6.11. The van der Waals surface area contributed by atoms with Crippen LogP contribution in [0.5, 0.6) is 5.75 Å². The molecule has 5 heteroatoms. The second-order valence-corrected chi connectivity index (χ2v) is 5.71. The van der Waals surface area contributed by atoms with E-state index in [2.05, 4.69) is 5.32 Å². The molecule has 2 N–H and O–H groups in total. The van der Waals surface area contributed by atoms with Crippen LogP contribution in [0.2, 0.25) is 0 Å². The number of carbonyl (C=O) groups is 1. The van der Waals surface area contributed by atoms with E-state index in [0.717, 1.165) is 16.5 Å². The summed E-state index contributed by atoms with van der Waals surface area (Å²) in [5.74, 6) is 0.157. The van der Waals surface area contributed by atoms with Crippen molar-refractivity contribution < 1.29 is 26.8 Å². The first kappa shape index (κ1) is 16.3. The molecular formula is C15H19ClN2O2. The van der Waals surface area contributed by atoms with Gasteiger partial charge in [-0.1, -0.05) is 18.2 Å². The average molecular weight is 295 g/mol. The van der Waals surface area contributed by atoms with E-state index in [1.807, 2.05) is 45.4 Å². The van der Waals surface area contributed by atoms with Crippen LogP contribution in [0.3, 0.4) is 0 Å². The number of amides is 1. The molecule has 0 saturated carbocycles. The minimum absolute atomic E-state index is 0. The van der Waals surface area contributed by atoms with Gasteiger partial charge in [-0.05, 0) is 23.6 Å². The zero-order valence-corrected chi connectivity index (χ0v) is 12.6. The maximum atomic E-state index is 12.0. The summed E-state index contributed by atoms with van der Waals surface area (Å²) in [7, 11) is 5.90. The van der Waals surface area contributed by atoms with Gasteiger partial charge in [0.15, 0.2) is 6.54 Å². The second-order valence-electron chi connectivity index (χ2n) is 5.71. The number of fused-ring (bicyclic) bond motifs is 1. The molecule has 2 aromatic rings. The van der Waals surface area contributed by atoms with Crippen molar-refractivity contribution in [2.45, 2.75) is 0 Å². The molecule has 0 aromatic heterocycles. The number of aromatic hydroxyl groups is 1. The SMILES string of the molecule is C[N+](C)(C)CC(=O)Nc1cccc2ccc(O)cc12.[Cl-]. The Morgan fingerprint density at radius 2 is 1.90 bits per heavy atom. The molecule has 0 heterocycles. The molecule has 0 bridgehead atoms. The van der Waals surface area contributed by atoms with Gasteiger partial charge in [0.1, 0.15) is 5.75 Å². The van der Waals surface area contributed by atoms with Crippen LogP contribution in [0.25, 0.3) is 10.8 Å². The predicted octanol–water partition coefficient (Wildman–Crippen LogP) is -0.806. The zero-order valence-electron chi connectivity index (χ0n) is 11.9. The number of hydrogen-bond acceptors (Lipinski definition) is 2. The topological polar surface area (TPSA) is 49.3 Å². The van der Waals surface area contributed by atoms with Crippen molar-refractivity contribution in [1.82, 2.24) is 0 Å². The van der Waals surface area contributed by atoms with Crippen molar-refractivity contribution in [3.63, 3.8) is 0 Å². The summed E-state index contributed by atoms with van der Waals surface area (Å²) >= 11 is 0. The normalized spacial score (nSPS) is 10.9. The highest BCUT2D eigenvalue weighted by atomic mass is 35.5. The van der Waals surface area contributed by atoms with E-state index in [-0.39, 0.29) is 24.1 Å². The van der Waals surface area contributed by atoms with Crippen molar-refractivity contribution in [3.05, 3.63) is 36.4 Å². The number of nitrogens with zero attached hydrogens (tertiary/aromatic N) is 1. The molecule has 0 radical (unpaired) electrons. The van der Waals surface area contributed by atoms with Crippen molar-refractivity contribution >= 4 is 22.4 Å². The molecule has 0 saturated heterocycles. The monoisotopic (exact) mass is 294 g/mol. The maximum absolute atomic E-state index is 12.0. The molecule has 108 valence electrons. The van der Waals surface area contributed by atoms with E-state index in [9.17, 15) is 9.90 Å². The van der Waals surface area contributed by atoms with Gasteiger partial charge in [0.25, 0.3) is 5.91 Å². The standard InChI is InChI=1S/C15H18N2O2.ClH/c1-17(2,3)10-15(19)16-14-6-4-5-11-7-8-12(18)9-13(11)14;/h4-9H,10H2,1-3H3,(H-,16,18,19);1H. The number of quaternary nitrogens is 1. The number of benzene rings is 2. The summed E-state index contributed by atoms with van der Waals surface area (Å²) in [6, 6.07) is 10.8. The van der Waals surface area contributed by atoms with Crippen LogP contribution in [0.4, 0.5) is 5.69 Å². The molecule has 2 aromatic carbocycles. The number of rotatable bonds is 3. The van der Waals surface area contributed by atoms with Crippen molar-refractivity contribution in [2.24, 2.45) is 0 Å². The van der Waals surface area contributed by atoms with Gasteiger partial charge in [-0.15, -0.1) is 0 Å². The molecule has 0 aliphatic heterocycles. The Morgan fingerprint density at radius 3 is 2.55 bits per heavy atom. The maximum Gasteiger partial charge on any atom is 0.279 e. The number of phenolic OH excluding ortho intramolecular Hbond substituents is 1. The average Bonchev–Trinajstić information content (AvgIpc) is 2.27. The summed E-state index contributed by atoms with van der Waals surface area (Å²) in [6.07, 6.45) is 0. The van der Waals surface area contributed by atoms with Gasteiger partial charge < -0.3 is 27.3 Å². The molecule has 2 rings (SSSR count). The van der Waals surface area contributed by atoms with Gasteiger partial charge in [-0.3, -0.25) is 4.79 Å². The molecule has 0 atom stereocenters. The summed E-state index contributed by atoms with van der Waals surface area (Å²) in [6.45, 7) is 0.398. The van der Waals surface area contributed by atoms with Crippen LogP contribution >= 0.6 is 0 Å². The number of hydrogen-bond donors (Lipinski definition) is 2. The zero-order chi connectivity index (χ0) is 14.0. The van der Waals surface area contributed by atoms with E-state index >= 15 is 0 Å². The molecule has 0 aliphatic rings. The first-order chi connectivity index (χ1) is 8.85. The van der Waals surface area contributed by atoms with Gasteiger partial charge in [-0.25, -0.2) is 0 Å². The molecule has 20 heavy (non-hydrogen) atoms. The third-order valence-corrected chi connectivity index (χ3v) is 2.76. The number of anilines is 1. The molecule has 0 aliphatic carbocycles. The van der Waals surface area contributed by atoms with Crippen LogP contribution in [-0.4, -0.2) is 43.2 Å². The summed E-state index contributed by atoms with van der Waals surface area (Å²) in [5.41, 5.74) is 0.729. The largest absolute Gasteiger partial charge is 1.00 e. The summed E-state index contributed by atoms with van der Waals surface area (Å²) in [4.78, 5) is 12.0. The summed E-state index contributed by atoms with van der Waals surface area (Å²) < 4.78 is 0.571. The van der Waals surface area contributed by atoms with Crippen molar-refractivity contribution in [1.29, 1.82) is 0 Å². The molecule has 1 amide bonds. The Morgan fingerprint density at radius 1 is 1.20 bits per heavy atom. The van der Waals surface area contributed by atoms with Crippen LogP contribution in [0, 0.1) is 0 Å². The molecule has 4 nitrogen and oxygen atoms in total. The van der Waals surface area contributed by atoms with Crippen LogP contribution in [0.15, 0.2) is 36.4 Å². The number of carbonyl (C=O) groups excluding carboxylic acids is 1. The van der Waals surface area contributed by atoms with Crippen molar-refractivity contribution in [2.75, 3.05) is 33.0 Å². The number of nitrogens with one attached hydrogen (secondary N) is 1. The quantitative estimate of drug-likeness (QED) is 0.728. The van der Waals surface area contributed by atoms with E-state index in [1.165, 1.54) is 0 Å². The lowest BCUT2D eigenvalue weighted by atomic mass is 10.1.